The van der Waals surface area contributed by atoms with Crippen molar-refractivity contribution in [3.63, 3.8) is 0 Å². The van der Waals surface area contributed by atoms with Crippen LogP contribution in [-0.2, 0) is 4.79 Å². The molecule has 3 N–H and O–H groups in total. The molecule has 4 aromatic carbocycles. The van der Waals surface area contributed by atoms with Crippen LogP contribution in [0.5, 0.6) is 0 Å². The molecular weight excluding hydrogens is 501 g/mol. The van der Waals surface area contributed by atoms with Gasteiger partial charge in [-0.1, -0.05) is 77.8 Å². The van der Waals surface area contributed by atoms with E-state index in [1.165, 1.54) is 11.8 Å². The Hall–Kier alpha value is -3.45. The fourth-order valence-corrected chi connectivity index (χ4v) is 4.64. The standard InChI is InChI=1S/C27H21Cl2N3O2S/c28-22-12-7-13-23(24(22)29)32-26(33)25(18-8-3-1-4-9-18)35-21-16-14-20(15-17-21)31-27(34)30-19-10-5-2-6-11-19/h1-17,25H,(H,32,33)(H2,30,31,34). The number of hydrogen-bond acceptors (Lipinski definition) is 3. The quantitative estimate of drug-likeness (QED) is 0.215. The van der Waals surface area contributed by atoms with Gasteiger partial charge < -0.3 is 16.0 Å². The molecule has 0 aromatic heterocycles. The lowest BCUT2D eigenvalue weighted by Gasteiger charge is -2.18. The molecule has 0 saturated carbocycles. The maximum Gasteiger partial charge on any atom is 0.323 e. The summed E-state index contributed by atoms with van der Waals surface area (Å²) in [5.41, 5.74) is 2.63. The Kier molecular flexibility index (Phi) is 8.32. The SMILES string of the molecule is O=C(Nc1ccccc1)Nc1ccc(SC(C(=O)Nc2cccc(Cl)c2Cl)c2ccccc2)cc1. The Labute approximate surface area is 217 Å². The normalized spacial score (nSPS) is 11.4. The van der Waals surface area contributed by atoms with Gasteiger partial charge in [-0.2, -0.15) is 0 Å². The Morgan fingerprint density at radius 2 is 1.26 bits per heavy atom. The number of anilines is 3. The number of hydrogen-bond donors (Lipinski definition) is 3. The molecule has 1 unspecified atom stereocenters. The Morgan fingerprint density at radius 1 is 0.657 bits per heavy atom. The third-order valence-corrected chi connectivity index (χ3v) is 7.03. The molecule has 4 rings (SSSR count). The van der Waals surface area contributed by atoms with Crippen LogP contribution in [0.1, 0.15) is 10.8 Å². The summed E-state index contributed by atoms with van der Waals surface area (Å²) in [6.45, 7) is 0. The number of carbonyl (C=O) groups excluding carboxylic acids is 2. The Morgan fingerprint density at radius 3 is 1.91 bits per heavy atom. The lowest BCUT2D eigenvalue weighted by Crippen LogP contribution is -2.19. The van der Waals surface area contributed by atoms with Crippen molar-refractivity contribution < 1.29 is 9.59 Å². The summed E-state index contributed by atoms with van der Waals surface area (Å²) < 4.78 is 0. The molecule has 0 saturated heterocycles. The van der Waals surface area contributed by atoms with Crippen molar-refractivity contribution in [2.24, 2.45) is 0 Å². The van der Waals surface area contributed by atoms with Crippen LogP contribution >= 0.6 is 35.0 Å². The van der Waals surface area contributed by atoms with Crippen LogP contribution in [-0.4, -0.2) is 11.9 Å². The molecular formula is C27H21Cl2N3O2S. The van der Waals surface area contributed by atoms with E-state index in [2.05, 4.69) is 16.0 Å². The second-order valence-electron chi connectivity index (χ2n) is 7.47. The first-order chi connectivity index (χ1) is 17.0. The highest BCUT2D eigenvalue weighted by molar-refractivity contribution is 8.00. The molecule has 0 aliphatic heterocycles. The van der Waals surface area contributed by atoms with Crippen LogP contribution in [0.25, 0.3) is 0 Å². The molecule has 4 aromatic rings. The van der Waals surface area contributed by atoms with E-state index in [4.69, 9.17) is 23.2 Å². The fourth-order valence-electron chi connectivity index (χ4n) is 3.27. The van der Waals surface area contributed by atoms with Gasteiger partial charge in [0.05, 0.1) is 15.7 Å². The van der Waals surface area contributed by atoms with E-state index in [-0.39, 0.29) is 11.9 Å². The minimum absolute atomic E-state index is 0.227. The van der Waals surface area contributed by atoms with E-state index < -0.39 is 5.25 Å². The molecule has 1 atom stereocenters. The number of urea groups is 1. The summed E-state index contributed by atoms with van der Waals surface area (Å²) in [6.07, 6.45) is 0. The number of thioether (sulfide) groups is 1. The van der Waals surface area contributed by atoms with Crippen LogP contribution in [0, 0.1) is 0 Å². The minimum Gasteiger partial charge on any atom is -0.323 e. The third-order valence-electron chi connectivity index (χ3n) is 4.95. The van der Waals surface area contributed by atoms with E-state index in [9.17, 15) is 9.59 Å². The zero-order chi connectivity index (χ0) is 24.6. The predicted octanol–water partition coefficient (Wildman–Crippen LogP) is 8.11. The largest absolute Gasteiger partial charge is 0.323 e. The molecule has 0 bridgehead atoms. The Bertz CT molecular complexity index is 1300. The summed E-state index contributed by atoms with van der Waals surface area (Å²) in [5.74, 6) is -0.227. The van der Waals surface area contributed by atoms with Gasteiger partial charge in [-0.15, -0.1) is 11.8 Å². The maximum atomic E-state index is 13.3. The van der Waals surface area contributed by atoms with Crippen LogP contribution in [0.4, 0.5) is 21.9 Å². The van der Waals surface area contributed by atoms with Gasteiger partial charge in [0, 0.05) is 16.3 Å². The number of halogens is 2. The molecule has 0 aliphatic carbocycles. The van der Waals surface area contributed by atoms with Crippen molar-refractivity contribution in [2.75, 3.05) is 16.0 Å². The molecule has 0 heterocycles. The lowest BCUT2D eigenvalue weighted by atomic mass is 10.1. The van der Waals surface area contributed by atoms with Crippen LogP contribution in [0.3, 0.4) is 0 Å². The van der Waals surface area contributed by atoms with Crippen molar-refractivity contribution in [3.05, 3.63) is 119 Å². The summed E-state index contributed by atoms with van der Waals surface area (Å²) in [4.78, 5) is 26.4. The van der Waals surface area contributed by atoms with Crippen LogP contribution in [0.15, 0.2) is 108 Å². The van der Waals surface area contributed by atoms with Crippen LogP contribution in [0.2, 0.25) is 10.0 Å². The predicted molar refractivity (Wildman–Crippen MR) is 146 cm³/mol. The topological polar surface area (TPSA) is 70.2 Å². The lowest BCUT2D eigenvalue weighted by molar-refractivity contribution is -0.115. The molecule has 0 radical (unpaired) electrons. The Balaban J connectivity index is 1.46. The zero-order valence-electron chi connectivity index (χ0n) is 18.4. The summed E-state index contributed by atoms with van der Waals surface area (Å²) in [5, 5.41) is 8.60. The van der Waals surface area contributed by atoms with E-state index in [0.717, 1.165) is 10.5 Å². The summed E-state index contributed by atoms with van der Waals surface area (Å²) >= 11 is 13.8. The number of para-hydroxylation sites is 1. The molecule has 3 amide bonds. The number of nitrogens with one attached hydrogen (secondary N) is 3. The monoisotopic (exact) mass is 521 g/mol. The van der Waals surface area contributed by atoms with E-state index in [0.29, 0.717) is 27.1 Å². The fraction of sp³-hybridized carbons (Fsp3) is 0.0370. The van der Waals surface area contributed by atoms with Crippen molar-refractivity contribution in [2.45, 2.75) is 10.1 Å². The van der Waals surface area contributed by atoms with Crippen molar-refractivity contribution >= 4 is 64.0 Å². The first-order valence-corrected chi connectivity index (χ1v) is 12.3. The third kappa shape index (κ3) is 6.79. The molecule has 35 heavy (non-hydrogen) atoms. The smallest absolute Gasteiger partial charge is 0.323 e. The van der Waals surface area contributed by atoms with Gasteiger partial charge in [-0.3, -0.25) is 4.79 Å². The molecule has 0 fully saturated rings. The maximum absolute atomic E-state index is 13.3. The number of amides is 3. The highest BCUT2D eigenvalue weighted by atomic mass is 35.5. The molecule has 0 spiro atoms. The van der Waals surface area contributed by atoms with Gasteiger partial charge in [0.2, 0.25) is 5.91 Å². The van der Waals surface area contributed by atoms with Crippen molar-refractivity contribution in [3.8, 4) is 0 Å². The van der Waals surface area contributed by atoms with Gasteiger partial charge in [-0.05, 0) is 54.1 Å². The van der Waals surface area contributed by atoms with Crippen LogP contribution < -0.4 is 16.0 Å². The molecule has 8 heteroatoms. The van der Waals surface area contributed by atoms with E-state index in [1.807, 2.05) is 72.8 Å². The van der Waals surface area contributed by atoms with Crippen molar-refractivity contribution in [1.29, 1.82) is 0 Å². The highest BCUT2D eigenvalue weighted by Gasteiger charge is 2.23. The minimum atomic E-state index is -0.536. The van der Waals surface area contributed by atoms with Gasteiger partial charge >= 0.3 is 6.03 Å². The van der Waals surface area contributed by atoms with E-state index >= 15 is 0 Å². The van der Waals surface area contributed by atoms with Gasteiger partial charge in [0.25, 0.3) is 0 Å². The summed E-state index contributed by atoms with van der Waals surface area (Å²) in [6, 6.07) is 30.8. The molecule has 176 valence electrons. The first-order valence-electron chi connectivity index (χ1n) is 10.7. The number of rotatable bonds is 7. The second-order valence-corrected chi connectivity index (χ2v) is 9.43. The van der Waals surface area contributed by atoms with E-state index in [1.54, 1.807) is 30.3 Å². The molecule has 0 aliphatic rings. The number of carbonyl (C=O) groups is 2. The van der Waals surface area contributed by atoms with Gasteiger partial charge in [-0.25, -0.2) is 4.79 Å². The first kappa shape index (κ1) is 24.7. The van der Waals surface area contributed by atoms with Gasteiger partial charge in [0.1, 0.15) is 5.25 Å². The van der Waals surface area contributed by atoms with Crippen molar-refractivity contribution in [1.82, 2.24) is 0 Å². The van der Waals surface area contributed by atoms with Gasteiger partial charge in [0.15, 0.2) is 0 Å². The second kappa shape index (κ2) is 11.8. The summed E-state index contributed by atoms with van der Waals surface area (Å²) in [7, 11) is 0. The average Bonchev–Trinajstić information content (AvgIpc) is 2.87. The zero-order valence-corrected chi connectivity index (χ0v) is 20.7. The highest BCUT2D eigenvalue weighted by Crippen LogP contribution is 2.38. The average molecular weight is 522 g/mol. The molecule has 5 nitrogen and oxygen atoms in total. The number of benzene rings is 4.